The van der Waals surface area contributed by atoms with Crippen LogP contribution < -0.4 is 5.32 Å². The molecule has 7 heteroatoms. The number of nitrogens with zero attached hydrogens (tertiary/aromatic N) is 3. The first kappa shape index (κ1) is 19.7. The molecule has 0 spiro atoms. The lowest BCUT2D eigenvalue weighted by Gasteiger charge is -2.48. The number of carbonyl (C=O) groups excluding carboxylic acids is 1. The number of carbonyl (C=O) groups is 1. The Morgan fingerprint density at radius 1 is 1.14 bits per heavy atom. The highest BCUT2D eigenvalue weighted by Crippen LogP contribution is 2.35. The Balaban J connectivity index is 1.55. The third-order valence-corrected chi connectivity index (χ3v) is 7.52. The van der Waals surface area contributed by atoms with E-state index in [-0.39, 0.29) is 11.4 Å². The molecular formula is C21H30N4O2S. The minimum atomic E-state index is 0.0239. The molecule has 0 radical (unpaired) electrons. The van der Waals surface area contributed by atoms with Crippen LogP contribution in [0, 0.1) is 20.8 Å². The SMILES string of the molecule is Cc1nc(C)c2c(C)c(C(=O)NCC3(N4CCOCC4)CCCCC3)sc2n1. The fourth-order valence-electron chi connectivity index (χ4n) is 4.87. The first-order chi connectivity index (χ1) is 13.5. The van der Waals surface area contributed by atoms with Crippen LogP contribution in [0.15, 0.2) is 0 Å². The zero-order chi connectivity index (χ0) is 19.7. The normalized spacial score (nSPS) is 20.4. The van der Waals surface area contributed by atoms with Crippen LogP contribution in [0.4, 0.5) is 0 Å². The maximum absolute atomic E-state index is 13.1. The van der Waals surface area contributed by atoms with Crippen LogP contribution in [0.5, 0.6) is 0 Å². The van der Waals surface area contributed by atoms with Gasteiger partial charge in [-0.3, -0.25) is 9.69 Å². The van der Waals surface area contributed by atoms with E-state index >= 15 is 0 Å². The number of rotatable bonds is 4. The molecule has 0 unspecified atom stereocenters. The van der Waals surface area contributed by atoms with E-state index in [1.165, 1.54) is 30.6 Å². The maximum Gasteiger partial charge on any atom is 0.261 e. The van der Waals surface area contributed by atoms with Gasteiger partial charge in [-0.1, -0.05) is 19.3 Å². The highest BCUT2D eigenvalue weighted by atomic mass is 32.1. The monoisotopic (exact) mass is 402 g/mol. The number of aryl methyl sites for hydroxylation is 3. The predicted molar refractivity (Wildman–Crippen MR) is 112 cm³/mol. The van der Waals surface area contributed by atoms with E-state index < -0.39 is 0 Å². The standard InChI is InChI=1S/C21H30N4O2S/c1-14-17-15(2)23-16(3)24-20(17)28-18(14)19(26)22-13-21(7-5-4-6-8-21)25-9-11-27-12-10-25/h4-13H2,1-3H3,(H,22,26). The lowest BCUT2D eigenvalue weighted by molar-refractivity contribution is -0.0361. The third-order valence-electron chi connectivity index (χ3n) is 6.33. The number of ether oxygens (including phenoxy) is 1. The summed E-state index contributed by atoms with van der Waals surface area (Å²) in [5.74, 6) is 0.780. The zero-order valence-corrected chi connectivity index (χ0v) is 18.0. The van der Waals surface area contributed by atoms with Gasteiger partial charge in [0.15, 0.2) is 0 Å². The average molecular weight is 403 g/mol. The van der Waals surface area contributed by atoms with Crippen LogP contribution in [-0.2, 0) is 4.74 Å². The summed E-state index contributed by atoms with van der Waals surface area (Å²) in [7, 11) is 0. The number of thiophene rings is 1. The first-order valence-corrected chi connectivity index (χ1v) is 11.2. The van der Waals surface area contributed by atoms with Gasteiger partial charge in [0.05, 0.1) is 18.1 Å². The molecular weight excluding hydrogens is 372 g/mol. The van der Waals surface area contributed by atoms with Gasteiger partial charge >= 0.3 is 0 Å². The number of fused-ring (bicyclic) bond motifs is 1. The van der Waals surface area contributed by atoms with Crippen LogP contribution in [0.2, 0.25) is 0 Å². The van der Waals surface area contributed by atoms with E-state index in [4.69, 9.17) is 4.74 Å². The van der Waals surface area contributed by atoms with Crippen molar-refractivity contribution in [2.75, 3.05) is 32.8 Å². The summed E-state index contributed by atoms with van der Waals surface area (Å²) in [6, 6.07) is 0. The van der Waals surface area contributed by atoms with E-state index in [2.05, 4.69) is 20.2 Å². The summed E-state index contributed by atoms with van der Waals surface area (Å²) >= 11 is 1.48. The molecule has 1 aliphatic carbocycles. The second kappa shape index (κ2) is 8.05. The lowest BCUT2D eigenvalue weighted by Crippen LogP contribution is -2.59. The van der Waals surface area contributed by atoms with E-state index in [0.29, 0.717) is 6.54 Å². The minimum absolute atomic E-state index is 0.0239. The smallest absolute Gasteiger partial charge is 0.261 e. The van der Waals surface area contributed by atoms with Crippen LogP contribution in [0.25, 0.3) is 10.2 Å². The second-order valence-corrected chi connectivity index (χ2v) is 9.16. The molecule has 2 aliphatic rings. The fourth-order valence-corrected chi connectivity index (χ4v) is 6.06. The van der Waals surface area contributed by atoms with Crippen molar-refractivity contribution >= 4 is 27.5 Å². The molecule has 3 heterocycles. The van der Waals surface area contributed by atoms with Crippen LogP contribution in [-0.4, -0.2) is 59.2 Å². The molecule has 1 N–H and O–H groups in total. The van der Waals surface area contributed by atoms with Crippen molar-refractivity contribution in [3.63, 3.8) is 0 Å². The van der Waals surface area contributed by atoms with Crippen LogP contribution >= 0.6 is 11.3 Å². The first-order valence-electron chi connectivity index (χ1n) is 10.4. The molecule has 0 aromatic carbocycles. The Hall–Kier alpha value is -1.57. The van der Waals surface area contributed by atoms with Crippen molar-refractivity contribution < 1.29 is 9.53 Å². The summed E-state index contributed by atoms with van der Waals surface area (Å²) < 4.78 is 5.56. The van der Waals surface area contributed by atoms with E-state index in [1.807, 2.05) is 20.8 Å². The van der Waals surface area contributed by atoms with Gasteiger partial charge in [0.25, 0.3) is 5.91 Å². The van der Waals surface area contributed by atoms with Gasteiger partial charge in [-0.25, -0.2) is 9.97 Å². The highest BCUT2D eigenvalue weighted by molar-refractivity contribution is 7.20. The number of aromatic nitrogens is 2. The number of nitrogens with one attached hydrogen (secondary N) is 1. The Bertz CT molecular complexity index is 867. The Labute approximate surface area is 170 Å². The molecule has 1 amide bonds. The molecule has 2 aromatic rings. The van der Waals surface area contributed by atoms with Gasteiger partial charge in [-0.05, 0) is 39.2 Å². The van der Waals surface area contributed by atoms with E-state index in [0.717, 1.165) is 71.3 Å². The summed E-state index contributed by atoms with van der Waals surface area (Å²) in [6.45, 7) is 10.1. The lowest BCUT2D eigenvalue weighted by atomic mass is 9.79. The van der Waals surface area contributed by atoms with Gasteiger partial charge < -0.3 is 10.1 Å². The van der Waals surface area contributed by atoms with Crippen molar-refractivity contribution in [3.05, 3.63) is 22.0 Å². The van der Waals surface area contributed by atoms with Crippen molar-refractivity contribution in [1.29, 1.82) is 0 Å². The van der Waals surface area contributed by atoms with Gasteiger partial charge in [-0.2, -0.15) is 0 Å². The molecule has 0 bridgehead atoms. The predicted octanol–water partition coefficient (Wildman–Crippen LogP) is 3.38. The molecule has 2 fully saturated rings. The number of morpholine rings is 1. The number of hydrogen-bond acceptors (Lipinski definition) is 6. The summed E-state index contributed by atoms with van der Waals surface area (Å²) in [6.07, 6.45) is 6.09. The molecule has 152 valence electrons. The molecule has 2 aromatic heterocycles. The third kappa shape index (κ3) is 3.67. The van der Waals surface area contributed by atoms with Crippen molar-refractivity contribution in [2.45, 2.75) is 58.4 Å². The summed E-state index contributed by atoms with van der Waals surface area (Å²) in [4.78, 5) is 26.4. The fraction of sp³-hybridized carbons (Fsp3) is 0.667. The van der Waals surface area contributed by atoms with Gasteiger partial charge in [0, 0.05) is 36.3 Å². The molecule has 6 nitrogen and oxygen atoms in total. The highest BCUT2D eigenvalue weighted by Gasteiger charge is 2.39. The number of hydrogen-bond donors (Lipinski definition) is 1. The summed E-state index contributed by atoms with van der Waals surface area (Å²) in [5, 5.41) is 4.31. The van der Waals surface area contributed by atoms with E-state index in [9.17, 15) is 4.79 Å². The quantitative estimate of drug-likeness (QED) is 0.849. The average Bonchev–Trinajstić information content (AvgIpc) is 3.04. The molecule has 4 rings (SSSR count). The van der Waals surface area contributed by atoms with Gasteiger partial charge in [0.2, 0.25) is 0 Å². The molecule has 1 aliphatic heterocycles. The Kier molecular flexibility index (Phi) is 5.67. The van der Waals surface area contributed by atoms with Crippen LogP contribution in [0.1, 0.15) is 58.9 Å². The Morgan fingerprint density at radius 2 is 1.86 bits per heavy atom. The topological polar surface area (TPSA) is 67.4 Å². The van der Waals surface area contributed by atoms with Crippen LogP contribution in [0.3, 0.4) is 0 Å². The maximum atomic E-state index is 13.1. The molecule has 1 saturated carbocycles. The Morgan fingerprint density at radius 3 is 2.57 bits per heavy atom. The molecule has 28 heavy (non-hydrogen) atoms. The van der Waals surface area contributed by atoms with Crippen molar-refractivity contribution in [3.8, 4) is 0 Å². The summed E-state index contributed by atoms with van der Waals surface area (Å²) in [5.41, 5.74) is 2.03. The second-order valence-electron chi connectivity index (χ2n) is 8.16. The van der Waals surface area contributed by atoms with E-state index in [1.54, 1.807) is 0 Å². The largest absolute Gasteiger partial charge is 0.379 e. The minimum Gasteiger partial charge on any atom is -0.379 e. The van der Waals surface area contributed by atoms with Crippen molar-refractivity contribution in [2.24, 2.45) is 0 Å². The van der Waals surface area contributed by atoms with Crippen molar-refractivity contribution in [1.82, 2.24) is 20.2 Å². The zero-order valence-electron chi connectivity index (χ0n) is 17.1. The molecule has 0 atom stereocenters. The van der Waals surface area contributed by atoms with Gasteiger partial charge in [0.1, 0.15) is 10.7 Å². The number of amides is 1. The van der Waals surface area contributed by atoms with Gasteiger partial charge in [-0.15, -0.1) is 11.3 Å². The molecule has 1 saturated heterocycles.